The van der Waals surface area contributed by atoms with E-state index in [1.54, 1.807) is 0 Å². The van der Waals surface area contributed by atoms with Crippen molar-refractivity contribution in [1.82, 2.24) is 15.5 Å². The maximum absolute atomic E-state index is 12.1. The van der Waals surface area contributed by atoms with Gasteiger partial charge in [-0.15, -0.1) is 10.2 Å². The van der Waals surface area contributed by atoms with Gasteiger partial charge in [0.05, 0.1) is 5.25 Å². The highest BCUT2D eigenvalue weighted by Crippen LogP contribution is 2.28. The number of rotatable bonds is 4. The van der Waals surface area contributed by atoms with Crippen molar-refractivity contribution in [3.8, 4) is 11.5 Å². The SMILES string of the molecule is CC(Sc1nnc(-c2ccc(C(C)(C)C)cc2)o1)C(=O)NC(C)(C)C. The highest BCUT2D eigenvalue weighted by atomic mass is 32.2. The third-order valence-corrected chi connectivity index (χ3v) is 4.48. The molecule has 6 heteroatoms. The number of carbonyl (C=O) groups is 1. The van der Waals surface area contributed by atoms with Gasteiger partial charge >= 0.3 is 0 Å². The molecule has 1 atom stereocenters. The van der Waals surface area contributed by atoms with Crippen LogP contribution >= 0.6 is 11.8 Å². The Morgan fingerprint density at radius 2 is 1.68 bits per heavy atom. The summed E-state index contributed by atoms with van der Waals surface area (Å²) in [6.45, 7) is 14.2. The summed E-state index contributed by atoms with van der Waals surface area (Å²) in [5.74, 6) is 0.415. The molecule has 0 radical (unpaired) electrons. The van der Waals surface area contributed by atoms with Crippen LogP contribution in [-0.4, -0.2) is 26.9 Å². The number of nitrogens with zero attached hydrogens (tertiary/aromatic N) is 2. The van der Waals surface area contributed by atoms with E-state index in [2.05, 4.69) is 48.4 Å². The van der Waals surface area contributed by atoms with E-state index in [1.165, 1.54) is 17.3 Å². The zero-order chi connectivity index (χ0) is 18.8. The summed E-state index contributed by atoms with van der Waals surface area (Å²) in [7, 11) is 0. The first-order chi connectivity index (χ1) is 11.5. The van der Waals surface area contributed by atoms with Gasteiger partial charge in [-0.05, 0) is 50.8 Å². The predicted molar refractivity (Wildman–Crippen MR) is 102 cm³/mol. The Bertz CT molecular complexity index is 724. The second-order valence-electron chi connectivity index (χ2n) is 8.20. The zero-order valence-electron chi connectivity index (χ0n) is 16.0. The fourth-order valence-corrected chi connectivity index (χ4v) is 2.85. The smallest absolute Gasteiger partial charge is 0.277 e. The Morgan fingerprint density at radius 3 is 2.20 bits per heavy atom. The summed E-state index contributed by atoms with van der Waals surface area (Å²) >= 11 is 1.26. The molecule has 0 bridgehead atoms. The number of aromatic nitrogens is 2. The van der Waals surface area contributed by atoms with Crippen LogP contribution in [0.1, 0.15) is 54.0 Å². The molecule has 136 valence electrons. The number of amides is 1. The zero-order valence-corrected chi connectivity index (χ0v) is 16.8. The minimum Gasteiger partial charge on any atom is -0.411 e. The first-order valence-corrected chi connectivity index (χ1v) is 9.27. The highest BCUT2D eigenvalue weighted by Gasteiger charge is 2.22. The lowest BCUT2D eigenvalue weighted by Crippen LogP contribution is -2.44. The fraction of sp³-hybridized carbons (Fsp3) is 0.526. The van der Waals surface area contributed by atoms with Crippen LogP contribution in [0, 0.1) is 0 Å². The molecule has 5 nitrogen and oxygen atoms in total. The molecule has 2 rings (SSSR count). The van der Waals surface area contributed by atoms with Crippen LogP contribution in [0.5, 0.6) is 0 Å². The summed E-state index contributed by atoms with van der Waals surface area (Å²) in [4.78, 5) is 12.1. The Balaban J connectivity index is 2.06. The first-order valence-electron chi connectivity index (χ1n) is 8.39. The van der Waals surface area contributed by atoms with Gasteiger partial charge in [-0.25, -0.2) is 0 Å². The van der Waals surface area contributed by atoms with Crippen molar-refractivity contribution in [1.29, 1.82) is 0 Å². The van der Waals surface area contributed by atoms with E-state index in [9.17, 15) is 4.79 Å². The van der Waals surface area contributed by atoms with Crippen LogP contribution in [0.3, 0.4) is 0 Å². The van der Waals surface area contributed by atoms with Gasteiger partial charge in [-0.3, -0.25) is 4.79 Å². The lowest BCUT2D eigenvalue weighted by Gasteiger charge is -2.22. The van der Waals surface area contributed by atoms with E-state index in [0.717, 1.165) is 5.56 Å². The van der Waals surface area contributed by atoms with Gasteiger partial charge in [-0.2, -0.15) is 0 Å². The van der Waals surface area contributed by atoms with E-state index in [4.69, 9.17) is 4.42 Å². The monoisotopic (exact) mass is 361 g/mol. The maximum atomic E-state index is 12.1. The molecule has 1 aromatic carbocycles. The van der Waals surface area contributed by atoms with Crippen LogP contribution in [0.4, 0.5) is 0 Å². The molecule has 0 aliphatic heterocycles. The lowest BCUT2D eigenvalue weighted by molar-refractivity contribution is -0.121. The van der Waals surface area contributed by atoms with Gasteiger partial charge in [0, 0.05) is 11.1 Å². The van der Waals surface area contributed by atoms with Gasteiger partial charge in [0.15, 0.2) is 0 Å². The molecule has 0 fully saturated rings. The standard InChI is InChI=1S/C19H27N3O2S/c1-12(15(23)20-19(5,6)7)25-17-22-21-16(24-17)13-8-10-14(11-9-13)18(2,3)4/h8-12H,1-7H3,(H,20,23). The summed E-state index contributed by atoms with van der Waals surface area (Å²) in [5, 5.41) is 11.2. The minimum atomic E-state index is -0.309. The van der Waals surface area contributed by atoms with Crippen molar-refractivity contribution in [2.24, 2.45) is 0 Å². The van der Waals surface area contributed by atoms with Gasteiger partial charge in [0.1, 0.15) is 0 Å². The van der Waals surface area contributed by atoms with Crippen molar-refractivity contribution >= 4 is 17.7 Å². The molecule has 0 spiro atoms. The molecule has 0 saturated carbocycles. The Labute approximate surface area is 154 Å². The largest absolute Gasteiger partial charge is 0.411 e. The van der Waals surface area contributed by atoms with Gasteiger partial charge < -0.3 is 9.73 Å². The molecular weight excluding hydrogens is 334 g/mol. The summed E-state index contributed by atoms with van der Waals surface area (Å²) in [6.07, 6.45) is 0. The Kier molecular flexibility index (Phi) is 5.62. The summed E-state index contributed by atoms with van der Waals surface area (Å²) in [5.41, 5.74) is 1.96. The minimum absolute atomic E-state index is 0.0493. The van der Waals surface area contributed by atoms with Crippen LogP contribution in [0.15, 0.2) is 33.9 Å². The number of hydrogen-bond acceptors (Lipinski definition) is 5. The molecule has 1 heterocycles. The molecular formula is C19H27N3O2S. The average Bonchev–Trinajstić information content (AvgIpc) is 2.93. The van der Waals surface area contributed by atoms with Crippen LogP contribution in [0.2, 0.25) is 0 Å². The van der Waals surface area contributed by atoms with Crippen molar-refractivity contribution in [2.75, 3.05) is 0 Å². The van der Waals surface area contributed by atoms with Crippen LogP contribution < -0.4 is 5.32 Å². The molecule has 1 amide bonds. The number of nitrogens with one attached hydrogen (secondary N) is 1. The molecule has 1 N–H and O–H groups in total. The van der Waals surface area contributed by atoms with E-state index in [0.29, 0.717) is 11.1 Å². The number of carbonyl (C=O) groups excluding carboxylic acids is 1. The molecule has 1 unspecified atom stereocenters. The average molecular weight is 362 g/mol. The second-order valence-corrected chi connectivity index (χ2v) is 9.49. The molecule has 1 aromatic heterocycles. The van der Waals surface area contributed by atoms with E-state index in [1.807, 2.05) is 39.8 Å². The fourth-order valence-electron chi connectivity index (χ4n) is 2.16. The second kappa shape index (κ2) is 7.20. The maximum Gasteiger partial charge on any atom is 0.277 e. The summed E-state index contributed by atoms with van der Waals surface area (Å²) < 4.78 is 5.71. The summed E-state index contributed by atoms with van der Waals surface area (Å²) in [6, 6.07) is 8.12. The number of benzene rings is 1. The Morgan fingerprint density at radius 1 is 1.08 bits per heavy atom. The van der Waals surface area contributed by atoms with Crippen LogP contribution in [0.25, 0.3) is 11.5 Å². The molecule has 0 saturated heterocycles. The van der Waals surface area contributed by atoms with Crippen molar-refractivity contribution in [3.63, 3.8) is 0 Å². The van der Waals surface area contributed by atoms with Gasteiger partial charge in [0.2, 0.25) is 11.8 Å². The molecule has 25 heavy (non-hydrogen) atoms. The third kappa shape index (κ3) is 5.59. The van der Waals surface area contributed by atoms with E-state index >= 15 is 0 Å². The topological polar surface area (TPSA) is 68.0 Å². The van der Waals surface area contributed by atoms with Gasteiger partial charge in [0.25, 0.3) is 5.22 Å². The lowest BCUT2D eigenvalue weighted by atomic mass is 9.87. The van der Waals surface area contributed by atoms with Crippen LogP contribution in [-0.2, 0) is 10.2 Å². The molecule has 2 aromatic rings. The van der Waals surface area contributed by atoms with Crippen molar-refractivity contribution in [2.45, 2.75) is 69.9 Å². The van der Waals surface area contributed by atoms with Crippen molar-refractivity contribution in [3.05, 3.63) is 29.8 Å². The molecule has 0 aliphatic carbocycles. The van der Waals surface area contributed by atoms with Gasteiger partial charge in [-0.1, -0.05) is 44.7 Å². The number of thioether (sulfide) groups is 1. The third-order valence-electron chi connectivity index (χ3n) is 3.55. The molecule has 0 aliphatic rings. The van der Waals surface area contributed by atoms with Crippen molar-refractivity contribution < 1.29 is 9.21 Å². The first kappa shape index (κ1) is 19.5. The number of hydrogen-bond donors (Lipinski definition) is 1. The highest BCUT2D eigenvalue weighted by molar-refractivity contribution is 8.00. The van der Waals surface area contributed by atoms with E-state index in [-0.39, 0.29) is 22.1 Å². The predicted octanol–water partition coefficient (Wildman–Crippen LogP) is 4.43. The normalized spacial score (nSPS) is 13.6. The Hall–Kier alpha value is -1.82. The quantitative estimate of drug-likeness (QED) is 0.816. The van der Waals surface area contributed by atoms with E-state index < -0.39 is 0 Å².